The molecule has 1 aliphatic rings. The van der Waals surface area contributed by atoms with Gasteiger partial charge in [0.1, 0.15) is 11.5 Å². The van der Waals surface area contributed by atoms with Crippen molar-refractivity contribution >= 4 is 35.0 Å². The zero-order chi connectivity index (χ0) is 30.3. The largest absolute Gasteiger partial charge is 0.497 e. The summed E-state index contributed by atoms with van der Waals surface area (Å²) in [6, 6.07) is 22.9. The summed E-state index contributed by atoms with van der Waals surface area (Å²) in [6.45, 7) is 3.60. The molecule has 2 heterocycles. The molecule has 0 radical (unpaired) electrons. The monoisotopic (exact) mass is 598 g/mol. The van der Waals surface area contributed by atoms with Crippen LogP contribution in [-0.4, -0.2) is 43.4 Å². The quantitative estimate of drug-likeness (QED) is 0.255. The van der Waals surface area contributed by atoms with Crippen LogP contribution in [0.1, 0.15) is 36.6 Å². The molecule has 0 fully saturated rings. The summed E-state index contributed by atoms with van der Waals surface area (Å²) >= 11 is 1.20. The highest BCUT2D eigenvalue weighted by Gasteiger charge is 2.35. The molecule has 1 aliphatic heterocycles. The van der Waals surface area contributed by atoms with E-state index >= 15 is 0 Å². The van der Waals surface area contributed by atoms with E-state index in [1.54, 1.807) is 57.4 Å². The first-order valence-corrected chi connectivity index (χ1v) is 14.6. The fraction of sp³-hybridized carbons (Fsp3) is 0.212. The Morgan fingerprint density at radius 2 is 1.63 bits per heavy atom. The highest BCUT2D eigenvalue weighted by molar-refractivity contribution is 7.07. The second kappa shape index (κ2) is 13.3. The van der Waals surface area contributed by atoms with Gasteiger partial charge in [0.2, 0.25) is 0 Å². The molecule has 0 saturated heterocycles. The average molecular weight is 599 g/mol. The van der Waals surface area contributed by atoms with Gasteiger partial charge in [0.15, 0.2) is 11.4 Å². The second-order valence-corrected chi connectivity index (χ2v) is 10.3. The van der Waals surface area contributed by atoms with Crippen molar-refractivity contribution in [1.29, 1.82) is 0 Å². The summed E-state index contributed by atoms with van der Waals surface area (Å²) in [6.07, 6.45) is 1.70. The van der Waals surface area contributed by atoms with E-state index in [4.69, 9.17) is 23.9 Å². The van der Waals surface area contributed by atoms with Crippen molar-refractivity contribution in [2.75, 3.05) is 26.9 Å². The fourth-order valence-electron chi connectivity index (χ4n) is 4.75. The number of rotatable bonds is 10. The molecule has 0 bridgehead atoms. The van der Waals surface area contributed by atoms with Crippen LogP contribution in [0.5, 0.6) is 11.5 Å². The predicted molar refractivity (Wildman–Crippen MR) is 163 cm³/mol. The maximum Gasteiger partial charge on any atom is 0.344 e. The van der Waals surface area contributed by atoms with Crippen LogP contribution in [0, 0.1) is 0 Å². The molecule has 1 atom stereocenters. The number of methoxy groups -OCH3 is 1. The topological polar surface area (TPSA) is 105 Å². The normalized spacial score (nSPS) is 14.5. The van der Waals surface area contributed by atoms with E-state index in [1.165, 1.54) is 15.9 Å². The van der Waals surface area contributed by atoms with Gasteiger partial charge >= 0.3 is 11.9 Å². The molecule has 10 heteroatoms. The number of thiazole rings is 1. The van der Waals surface area contributed by atoms with Crippen LogP contribution in [0.3, 0.4) is 0 Å². The van der Waals surface area contributed by atoms with E-state index in [0.29, 0.717) is 37.7 Å². The van der Waals surface area contributed by atoms with Gasteiger partial charge in [-0.05, 0) is 43.7 Å². The lowest BCUT2D eigenvalue weighted by Crippen LogP contribution is -2.40. The van der Waals surface area contributed by atoms with E-state index in [-0.39, 0.29) is 31.0 Å². The van der Waals surface area contributed by atoms with E-state index in [2.05, 4.69) is 0 Å². The number of aromatic nitrogens is 1. The van der Waals surface area contributed by atoms with Gasteiger partial charge in [-0.1, -0.05) is 72.0 Å². The van der Waals surface area contributed by atoms with Crippen LogP contribution in [0.4, 0.5) is 0 Å². The molecule has 0 amide bonds. The minimum atomic E-state index is -0.811. The van der Waals surface area contributed by atoms with E-state index in [1.807, 2.05) is 48.5 Å². The van der Waals surface area contributed by atoms with Crippen molar-refractivity contribution in [3.05, 3.63) is 121 Å². The van der Waals surface area contributed by atoms with E-state index in [0.717, 1.165) is 5.56 Å². The third-order valence-electron chi connectivity index (χ3n) is 6.66. The SMILES string of the molecule is CCOC(=O)COc1ccccc1/C=c1\sc2n(c1=O)[C@H](c1ccc(OC)cc1)C(C(=O)OCC)=C(c1ccccc1)N=2. The van der Waals surface area contributed by atoms with Crippen LogP contribution in [0.25, 0.3) is 11.8 Å². The first-order valence-electron chi connectivity index (χ1n) is 13.7. The number of benzene rings is 3. The number of esters is 2. The Hall–Kier alpha value is -4.96. The zero-order valence-corrected chi connectivity index (χ0v) is 24.8. The van der Waals surface area contributed by atoms with E-state index in [9.17, 15) is 14.4 Å². The molecule has 0 spiro atoms. The van der Waals surface area contributed by atoms with Gasteiger partial charge in [0, 0.05) is 11.1 Å². The molecule has 0 saturated carbocycles. The van der Waals surface area contributed by atoms with Gasteiger partial charge < -0.3 is 18.9 Å². The minimum Gasteiger partial charge on any atom is -0.497 e. The minimum absolute atomic E-state index is 0.159. The van der Waals surface area contributed by atoms with Crippen LogP contribution >= 0.6 is 11.3 Å². The Morgan fingerprint density at radius 3 is 2.33 bits per heavy atom. The van der Waals surface area contributed by atoms with Crippen LogP contribution in [0.15, 0.2) is 94.2 Å². The highest BCUT2D eigenvalue weighted by atomic mass is 32.1. The molecule has 1 aromatic heterocycles. The zero-order valence-electron chi connectivity index (χ0n) is 23.9. The first-order chi connectivity index (χ1) is 20.9. The Bertz CT molecular complexity index is 1840. The van der Waals surface area contributed by atoms with Crippen molar-refractivity contribution < 1.29 is 28.5 Å². The fourth-order valence-corrected chi connectivity index (χ4v) is 5.75. The number of carbonyl (C=O) groups is 2. The van der Waals surface area contributed by atoms with Crippen LogP contribution < -0.4 is 24.4 Å². The maximum atomic E-state index is 14.1. The van der Waals surface area contributed by atoms with Crippen LogP contribution in [-0.2, 0) is 19.1 Å². The molecule has 0 unspecified atom stereocenters. The first kappa shape index (κ1) is 29.5. The van der Waals surface area contributed by atoms with Gasteiger partial charge in [-0.2, -0.15) is 0 Å². The Labute approximate surface area is 252 Å². The summed E-state index contributed by atoms with van der Waals surface area (Å²) in [5.74, 6) is 0.0137. The lowest BCUT2D eigenvalue weighted by molar-refractivity contribution is -0.145. The van der Waals surface area contributed by atoms with Gasteiger partial charge in [0.25, 0.3) is 5.56 Å². The number of ether oxygens (including phenoxy) is 4. The van der Waals surface area contributed by atoms with Gasteiger partial charge in [0.05, 0.1) is 42.2 Å². The number of fused-ring (bicyclic) bond motifs is 1. The number of hydrogen-bond acceptors (Lipinski definition) is 9. The number of nitrogens with zero attached hydrogens (tertiary/aromatic N) is 2. The number of carbonyl (C=O) groups excluding carboxylic acids is 2. The van der Waals surface area contributed by atoms with Gasteiger partial charge in [-0.15, -0.1) is 0 Å². The summed E-state index contributed by atoms with van der Waals surface area (Å²) in [7, 11) is 1.57. The smallest absolute Gasteiger partial charge is 0.344 e. The van der Waals surface area contributed by atoms with Crippen LogP contribution in [0.2, 0.25) is 0 Å². The molecule has 220 valence electrons. The Morgan fingerprint density at radius 1 is 0.930 bits per heavy atom. The third-order valence-corrected chi connectivity index (χ3v) is 7.64. The number of para-hydroxylation sites is 1. The predicted octanol–water partition coefficient (Wildman–Crippen LogP) is 3.89. The number of hydrogen-bond donors (Lipinski definition) is 0. The third kappa shape index (κ3) is 6.29. The Balaban J connectivity index is 1.72. The molecule has 0 N–H and O–H groups in total. The Kier molecular flexibility index (Phi) is 9.17. The standard InChI is InChI=1S/C33H30N2O7S/c1-4-40-27(36)20-42-25-14-10-9-13-23(25)19-26-31(37)35-30(22-15-17-24(39-3)18-16-22)28(32(38)41-5-2)29(34-33(35)43-26)21-11-7-6-8-12-21/h6-19,30H,4-5,20H2,1-3H3/b26-19-/t30-/m1/s1. The molecule has 43 heavy (non-hydrogen) atoms. The summed E-state index contributed by atoms with van der Waals surface area (Å²) in [4.78, 5) is 44.9. The van der Waals surface area contributed by atoms with Crippen molar-refractivity contribution in [1.82, 2.24) is 4.57 Å². The lowest BCUT2D eigenvalue weighted by Gasteiger charge is -2.26. The van der Waals surface area contributed by atoms with Gasteiger partial charge in [-0.3, -0.25) is 9.36 Å². The summed E-state index contributed by atoms with van der Waals surface area (Å²) in [5.41, 5.74) is 2.38. The molecule has 0 aliphatic carbocycles. The van der Waals surface area contributed by atoms with Crippen molar-refractivity contribution in [3.8, 4) is 11.5 Å². The average Bonchev–Trinajstić information content (AvgIpc) is 3.34. The maximum absolute atomic E-state index is 14.1. The van der Waals surface area contributed by atoms with Crippen molar-refractivity contribution in [2.45, 2.75) is 19.9 Å². The molecular formula is C33H30N2O7S. The summed E-state index contributed by atoms with van der Waals surface area (Å²) in [5, 5.41) is 0. The lowest BCUT2D eigenvalue weighted by atomic mass is 9.93. The second-order valence-electron chi connectivity index (χ2n) is 9.34. The molecule has 3 aromatic carbocycles. The molecular weight excluding hydrogens is 568 g/mol. The molecule has 4 aromatic rings. The van der Waals surface area contributed by atoms with Crippen molar-refractivity contribution in [3.63, 3.8) is 0 Å². The molecule has 9 nitrogen and oxygen atoms in total. The van der Waals surface area contributed by atoms with E-state index < -0.39 is 18.0 Å². The molecule has 5 rings (SSSR count). The summed E-state index contributed by atoms with van der Waals surface area (Å²) < 4.78 is 23.4. The van der Waals surface area contributed by atoms with Crippen molar-refractivity contribution in [2.24, 2.45) is 4.99 Å². The highest BCUT2D eigenvalue weighted by Crippen LogP contribution is 2.35. The van der Waals surface area contributed by atoms with Gasteiger partial charge in [-0.25, -0.2) is 14.6 Å².